The van der Waals surface area contributed by atoms with Crippen molar-refractivity contribution in [3.05, 3.63) is 0 Å². The molecule has 2 radical (unpaired) electrons. The largest absolute Gasteiger partial charge is 0.353 e. The zero-order valence-corrected chi connectivity index (χ0v) is 8.37. The van der Waals surface area contributed by atoms with Gasteiger partial charge in [0.05, 0.1) is 0 Å². The fraction of sp³-hybridized carbons (Fsp3) is 0. The molecule has 0 saturated carbocycles. The first-order valence-electron chi connectivity index (χ1n) is 0.378. The molecule has 0 aliphatic rings. The van der Waals surface area contributed by atoms with Crippen molar-refractivity contribution in [3.8, 4) is 0 Å². The van der Waals surface area contributed by atoms with Crippen LogP contribution < -0.4 is 0 Å². The van der Waals surface area contributed by atoms with Crippen LogP contribution in [-0.4, -0.2) is 15.4 Å². The van der Waals surface area contributed by atoms with Crippen LogP contribution in [-0.2, 0) is 50.3 Å². The maximum Gasteiger partial charge on any atom is 0.353 e. The van der Waals surface area contributed by atoms with Gasteiger partial charge >= 0.3 is 15.4 Å². The van der Waals surface area contributed by atoms with E-state index in [4.69, 9.17) is 10.0 Å². The Kier molecular flexibility index (Phi) is 174. The van der Waals surface area contributed by atoms with Crippen molar-refractivity contribution in [3.63, 3.8) is 0 Å². The van der Waals surface area contributed by atoms with Crippen molar-refractivity contribution in [2.24, 2.45) is 0 Å². The first kappa shape index (κ1) is 26.4. The third-order valence-electron chi connectivity index (χ3n) is 0. The van der Waals surface area contributed by atoms with Gasteiger partial charge in [0.15, 0.2) is 0 Å². The summed E-state index contributed by atoms with van der Waals surface area (Å²) < 4.78 is 0. The van der Waals surface area contributed by atoms with Gasteiger partial charge in [-0.3, -0.25) is 10.0 Å². The monoisotopic (exact) mass is 236 g/mol. The van der Waals surface area contributed by atoms with Crippen LogP contribution in [0.2, 0.25) is 0 Å². The van der Waals surface area contributed by atoms with Crippen molar-refractivity contribution in [1.29, 1.82) is 0 Å². The standard InChI is InChI=1S/Al.ClH.Co.Mn.Ni.2H/h;1H;;;;;/q+1;;;;;;/p-1. The Morgan fingerprint density at radius 1 is 1.20 bits per heavy atom. The summed E-state index contributed by atoms with van der Waals surface area (Å²) in [7, 11) is 4.78. The zero-order valence-electron chi connectivity index (χ0n) is 2.41. The molecule has 0 atom stereocenters. The predicted molar refractivity (Wildman–Crippen MR) is 14.4 cm³/mol. The van der Waals surface area contributed by atoms with Crippen molar-refractivity contribution in [2.75, 3.05) is 0 Å². The average Bonchev–Trinajstić information content (AvgIpc) is 1.00. The van der Waals surface area contributed by atoms with E-state index >= 15 is 0 Å². The van der Waals surface area contributed by atoms with Gasteiger partial charge in [0.25, 0.3) is 0 Å². The molecule has 0 spiro atoms. The minimum absolute atomic E-state index is 0. The van der Waals surface area contributed by atoms with E-state index in [9.17, 15) is 0 Å². The number of rotatable bonds is 0. The Bertz CT molecular complexity index is 11.6. The fourth-order valence-electron chi connectivity index (χ4n) is 0. The van der Waals surface area contributed by atoms with Crippen LogP contribution in [0.5, 0.6) is 0 Å². The molecule has 5 heteroatoms. The smallest absolute Gasteiger partial charge is 0.273 e. The van der Waals surface area contributed by atoms with Crippen LogP contribution in [0, 0.1) is 0 Å². The molecule has 0 amide bonds. The summed E-state index contributed by atoms with van der Waals surface area (Å²) in [4.78, 5) is 0. The number of hydrogen-bond acceptors (Lipinski definition) is 0. The van der Waals surface area contributed by atoms with Gasteiger partial charge in [0.2, 0.25) is 0 Å². The van der Waals surface area contributed by atoms with E-state index in [0.29, 0.717) is 0 Å². The number of hydrogen-bond donors (Lipinski definition) is 0. The molecule has 0 aromatic carbocycles. The SMILES string of the molecule is [AlH2][Cl].[Co].[Mn].[Ni]. The molecule has 0 bridgehead atoms. The summed E-state index contributed by atoms with van der Waals surface area (Å²) in [6.07, 6.45) is 0. The molecule has 38 valence electrons. The van der Waals surface area contributed by atoms with Crippen LogP contribution in [0.3, 0.4) is 0 Å². The molecule has 0 unspecified atom stereocenters. The van der Waals surface area contributed by atoms with Crippen LogP contribution in [0.15, 0.2) is 0 Å². The van der Waals surface area contributed by atoms with Gasteiger partial charge in [-0.15, -0.1) is 0 Å². The van der Waals surface area contributed by atoms with E-state index in [1.165, 1.54) is 0 Å². The molecular weight excluding hydrogens is 235 g/mol. The number of halogens is 1. The third kappa shape index (κ3) is 21.8. The molecule has 0 saturated heterocycles. The fourth-order valence-corrected chi connectivity index (χ4v) is 0. The minimum atomic E-state index is 0. The third-order valence-corrected chi connectivity index (χ3v) is 0. The van der Waals surface area contributed by atoms with E-state index in [0.717, 1.165) is 15.4 Å². The summed E-state index contributed by atoms with van der Waals surface area (Å²) in [5.41, 5.74) is 0. The van der Waals surface area contributed by atoms with E-state index in [1.54, 1.807) is 0 Å². The molecule has 0 fully saturated rings. The zero-order chi connectivity index (χ0) is 2.00. The van der Waals surface area contributed by atoms with Crippen LogP contribution in [0.25, 0.3) is 0 Å². The van der Waals surface area contributed by atoms with Gasteiger partial charge in [-0.2, -0.15) is 0 Å². The maximum atomic E-state index is 4.78. The van der Waals surface area contributed by atoms with Gasteiger partial charge in [0, 0.05) is 50.3 Å². The maximum absolute atomic E-state index is 4.78. The van der Waals surface area contributed by atoms with Crippen LogP contribution in [0.4, 0.5) is 0 Å². The predicted octanol–water partition coefficient (Wildman–Crippen LogP) is -0.234. The van der Waals surface area contributed by atoms with Gasteiger partial charge < -0.3 is 0 Å². The van der Waals surface area contributed by atoms with E-state index in [-0.39, 0.29) is 50.3 Å². The van der Waals surface area contributed by atoms with Crippen LogP contribution >= 0.6 is 10.0 Å². The molecule has 0 N–H and O–H groups in total. The molecular formula is H2AlClCoMnNi. The summed E-state index contributed by atoms with van der Waals surface area (Å²) >= 11 is 0.778. The van der Waals surface area contributed by atoms with Gasteiger partial charge in [-0.1, -0.05) is 0 Å². The summed E-state index contributed by atoms with van der Waals surface area (Å²) in [5, 5.41) is 0. The Balaban J connectivity index is -0.00000000167. The van der Waals surface area contributed by atoms with Crippen molar-refractivity contribution in [2.45, 2.75) is 0 Å². The van der Waals surface area contributed by atoms with Crippen molar-refractivity contribution in [1.82, 2.24) is 0 Å². The molecule has 0 nitrogen and oxygen atoms in total. The second-order valence-corrected chi connectivity index (χ2v) is 0. The summed E-state index contributed by atoms with van der Waals surface area (Å²) in [6.45, 7) is 0. The Labute approximate surface area is 75.0 Å². The minimum Gasteiger partial charge on any atom is -0.273 e. The summed E-state index contributed by atoms with van der Waals surface area (Å²) in [6, 6.07) is 0. The van der Waals surface area contributed by atoms with Crippen molar-refractivity contribution >= 4 is 25.4 Å². The second kappa shape index (κ2) is 33.0. The van der Waals surface area contributed by atoms with Gasteiger partial charge in [0.1, 0.15) is 0 Å². The molecule has 0 aromatic rings. The molecule has 0 aromatic heterocycles. The quantitative estimate of drug-likeness (QED) is 0.510. The average molecular weight is 237 g/mol. The molecule has 0 heterocycles. The first-order valence-corrected chi connectivity index (χ1v) is 3.40. The molecule has 0 aliphatic carbocycles. The molecule has 0 aliphatic heterocycles. The van der Waals surface area contributed by atoms with E-state index in [2.05, 4.69) is 0 Å². The summed E-state index contributed by atoms with van der Waals surface area (Å²) in [5.74, 6) is 0. The van der Waals surface area contributed by atoms with E-state index < -0.39 is 0 Å². The van der Waals surface area contributed by atoms with Gasteiger partial charge in [-0.05, 0) is 0 Å². The topological polar surface area (TPSA) is 0 Å². The van der Waals surface area contributed by atoms with Crippen LogP contribution in [0.1, 0.15) is 0 Å². The Hall–Kier alpha value is 2.34. The Morgan fingerprint density at radius 2 is 1.20 bits per heavy atom. The van der Waals surface area contributed by atoms with Gasteiger partial charge in [-0.25, -0.2) is 0 Å². The normalized spacial score (nSPS) is 1.00. The molecule has 0 rings (SSSR count). The molecule has 5 heavy (non-hydrogen) atoms. The Morgan fingerprint density at radius 3 is 1.20 bits per heavy atom. The first-order chi connectivity index (χ1) is 1.00. The second-order valence-electron chi connectivity index (χ2n) is 0. The van der Waals surface area contributed by atoms with Crippen molar-refractivity contribution < 1.29 is 50.3 Å². The van der Waals surface area contributed by atoms with E-state index in [1.807, 2.05) is 0 Å².